The maximum Gasteiger partial charge on any atom is 0.214 e. The molecule has 1 heterocycles. The molecule has 0 aliphatic heterocycles. The van der Waals surface area contributed by atoms with E-state index in [9.17, 15) is 0 Å². The van der Waals surface area contributed by atoms with Crippen molar-refractivity contribution in [2.45, 2.75) is 40.4 Å². The Labute approximate surface area is 150 Å². The number of aryl methyl sites for hydroxylation is 2. The van der Waals surface area contributed by atoms with Crippen LogP contribution >= 0.6 is 0 Å². The number of rotatable bonds is 7. The van der Waals surface area contributed by atoms with Crippen molar-refractivity contribution < 1.29 is 4.42 Å². The molecule has 25 heavy (non-hydrogen) atoms. The molecule has 136 valence electrons. The molecule has 0 aliphatic rings. The Balaban J connectivity index is 2.04. The third kappa shape index (κ3) is 5.90. The molecule has 0 saturated heterocycles. The van der Waals surface area contributed by atoms with E-state index in [1.807, 2.05) is 13.8 Å². The highest BCUT2D eigenvalue weighted by molar-refractivity contribution is 5.79. The second kappa shape index (κ2) is 9.22. The van der Waals surface area contributed by atoms with Crippen LogP contribution in [-0.2, 0) is 19.6 Å². The van der Waals surface area contributed by atoms with Crippen LogP contribution in [0.1, 0.15) is 35.4 Å². The van der Waals surface area contributed by atoms with Gasteiger partial charge in [0, 0.05) is 13.1 Å². The predicted octanol–water partition coefficient (Wildman–Crippen LogP) is 2.61. The maximum absolute atomic E-state index is 5.61. The number of aromatic nitrogens is 1. The average Bonchev–Trinajstić information content (AvgIpc) is 2.89. The van der Waals surface area contributed by atoms with Gasteiger partial charge in [-0.3, -0.25) is 0 Å². The summed E-state index contributed by atoms with van der Waals surface area (Å²) in [5.41, 5.74) is 3.46. The van der Waals surface area contributed by atoms with Crippen LogP contribution in [0.5, 0.6) is 0 Å². The van der Waals surface area contributed by atoms with Gasteiger partial charge in [0.15, 0.2) is 5.96 Å². The molecule has 0 radical (unpaired) electrons. The van der Waals surface area contributed by atoms with E-state index in [4.69, 9.17) is 9.41 Å². The van der Waals surface area contributed by atoms with Crippen molar-refractivity contribution >= 4 is 5.96 Å². The van der Waals surface area contributed by atoms with Gasteiger partial charge in [0.25, 0.3) is 0 Å². The monoisotopic (exact) mass is 343 g/mol. The first-order chi connectivity index (χ1) is 12.0. The predicted molar refractivity (Wildman–Crippen MR) is 101 cm³/mol. The first-order valence-electron chi connectivity index (χ1n) is 8.66. The molecular formula is C19H29N5O. The lowest BCUT2D eigenvalue weighted by molar-refractivity contribution is 0.401. The van der Waals surface area contributed by atoms with Gasteiger partial charge in [0.1, 0.15) is 5.76 Å². The van der Waals surface area contributed by atoms with Gasteiger partial charge in [0.05, 0.1) is 18.8 Å². The number of benzene rings is 1. The van der Waals surface area contributed by atoms with E-state index in [0.717, 1.165) is 30.5 Å². The molecule has 2 rings (SSSR count). The molecule has 6 nitrogen and oxygen atoms in total. The van der Waals surface area contributed by atoms with Gasteiger partial charge in [0.2, 0.25) is 5.89 Å². The second-order valence-corrected chi connectivity index (χ2v) is 6.30. The zero-order chi connectivity index (χ0) is 18.2. The van der Waals surface area contributed by atoms with Gasteiger partial charge in [-0.25, -0.2) is 9.98 Å². The van der Waals surface area contributed by atoms with Crippen molar-refractivity contribution in [3.8, 4) is 0 Å². The van der Waals surface area contributed by atoms with Crippen LogP contribution in [0.15, 0.2) is 33.7 Å². The van der Waals surface area contributed by atoms with E-state index in [2.05, 4.69) is 65.8 Å². The molecule has 1 aromatic carbocycles. The smallest absolute Gasteiger partial charge is 0.214 e. The number of nitrogens with one attached hydrogen (secondary N) is 2. The van der Waals surface area contributed by atoms with E-state index in [1.165, 1.54) is 11.1 Å². The number of aliphatic imine (C=N–C) groups is 1. The summed E-state index contributed by atoms with van der Waals surface area (Å²) in [6.45, 7) is 8.77. The third-order valence-electron chi connectivity index (χ3n) is 3.84. The Bertz CT molecular complexity index is 686. The topological polar surface area (TPSA) is 65.7 Å². The molecule has 0 fully saturated rings. The number of nitrogens with zero attached hydrogens (tertiary/aromatic N) is 3. The summed E-state index contributed by atoms with van der Waals surface area (Å²) in [6, 6.07) is 8.42. The van der Waals surface area contributed by atoms with Crippen LogP contribution in [-0.4, -0.2) is 36.5 Å². The summed E-state index contributed by atoms with van der Waals surface area (Å²) in [6.07, 6.45) is 0. The van der Waals surface area contributed by atoms with Crippen molar-refractivity contribution in [2.24, 2.45) is 4.99 Å². The molecule has 0 unspecified atom stereocenters. The highest BCUT2D eigenvalue weighted by atomic mass is 16.4. The van der Waals surface area contributed by atoms with Crippen molar-refractivity contribution in [2.75, 3.05) is 20.6 Å². The second-order valence-electron chi connectivity index (χ2n) is 6.30. The first kappa shape index (κ1) is 19.0. The zero-order valence-corrected chi connectivity index (χ0v) is 15.9. The van der Waals surface area contributed by atoms with E-state index < -0.39 is 0 Å². The number of guanidine groups is 1. The fraction of sp³-hybridized carbons (Fsp3) is 0.474. The van der Waals surface area contributed by atoms with Crippen molar-refractivity contribution in [1.82, 2.24) is 20.5 Å². The largest absolute Gasteiger partial charge is 0.444 e. The van der Waals surface area contributed by atoms with Gasteiger partial charge >= 0.3 is 0 Å². The van der Waals surface area contributed by atoms with Gasteiger partial charge in [-0.1, -0.05) is 24.3 Å². The SMILES string of the molecule is CCNC(=NCc1ccccc1CN(C)C)NCc1nc(C)c(C)o1. The molecule has 0 bridgehead atoms. The Morgan fingerprint density at radius 1 is 1.16 bits per heavy atom. The molecule has 0 saturated carbocycles. The standard InChI is InChI=1S/C19H29N5O/c1-6-20-19(22-12-18-23-14(2)15(3)25-18)21-11-16-9-7-8-10-17(16)13-24(4)5/h7-10H,6,11-13H2,1-5H3,(H2,20,21,22). The molecular weight excluding hydrogens is 314 g/mol. The Kier molecular flexibility index (Phi) is 7.01. The quantitative estimate of drug-likeness (QED) is 0.598. The maximum atomic E-state index is 5.61. The summed E-state index contributed by atoms with van der Waals surface area (Å²) < 4.78 is 5.61. The summed E-state index contributed by atoms with van der Waals surface area (Å²) in [5.74, 6) is 2.29. The van der Waals surface area contributed by atoms with Gasteiger partial charge < -0.3 is 20.0 Å². The number of hydrogen-bond acceptors (Lipinski definition) is 4. The lowest BCUT2D eigenvalue weighted by atomic mass is 10.1. The summed E-state index contributed by atoms with van der Waals surface area (Å²) in [7, 11) is 4.15. The van der Waals surface area contributed by atoms with Gasteiger partial charge in [-0.2, -0.15) is 0 Å². The molecule has 0 amide bonds. The first-order valence-corrected chi connectivity index (χ1v) is 8.66. The van der Waals surface area contributed by atoms with Crippen LogP contribution in [0, 0.1) is 13.8 Å². The molecule has 0 spiro atoms. The summed E-state index contributed by atoms with van der Waals surface area (Å²) >= 11 is 0. The normalized spacial score (nSPS) is 11.8. The van der Waals surface area contributed by atoms with Crippen LogP contribution in [0.2, 0.25) is 0 Å². The summed E-state index contributed by atoms with van der Waals surface area (Å²) in [5, 5.41) is 6.54. The van der Waals surface area contributed by atoms with Gasteiger partial charge in [-0.15, -0.1) is 0 Å². The minimum absolute atomic E-state index is 0.514. The van der Waals surface area contributed by atoms with Crippen LogP contribution in [0.25, 0.3) is 0 Å². The summed E-state index contributed by atoms with van der Waals surface area (Å²) in [4.78, 5) is 11.3. The molecule has 0 atom stereocenters. The van der Waals surface area contributed by atoms with E-state index >= 15 is 0 Å². The zero-order valence-electron chi connectivity index (χ0n) is 15.9. The lowest BCUT2D eigenvalue weighted by Gasteiger charge is -2.14. The Hall–Kier alpha value is -2.34. The minimum Gasteiger partial charge on any atom is -0.444 e. The highest BCUT2D eigenvalue weighted by Gasteiger charge is 2.07. The van der Waals surface area contributed by atoms with Crippen molar-refractivity contribution in [3.63, 3.8) is 0 Å². The fourth-order valence-electron chi connectivity index (χ4n) is 2.49. The Morgan fingerprint density at radius 3 is 2.48 bits per heavy atom. The minimum atomic E-state index is 0.514. The highest BCUT2D eigenvalue weighted by Crippen LogP contribution is 2.12. The number of oxazole rings is 1. The molecule has 0 aliphatic carbocycles. The van der Waals surface area contributed by atoms with Crippen LogP contribution in [0.3, 0.4) is 0 Å². The van der Waals surface area contributed by atoms with Crippen LogP contribution < -0.4 is 10.6 Å². The van der Waals surface area contributed by atoms with Crippen LogP contribution in [0.4, 0.5) is 0 Å². The van der Waals surface area contributed by atoms with E-state index in [-0.39, 0.29) is 0 Å². The van der Waals surface area contributed by atoms with E-state index in [0.29, 0.717) is 19.0 Å². The lowest BCUT2D eigenvalue weighted by Crippen LogP contribution is -2.36. The third-order valence-corrected chi connectivity index (χ3v) is 3.84. The van der Waals surface area contributed by atoms with E-state index in [1.54, 1.807) is 0 Å². The molecule has 1 aromatic heterocycles. The number of hydrogen-bond donors (Lipinski definition) is 2. The average molecular weight is 343 g/mol. The molecule has 2 aromatic rings. The molecule has 2 N–H and O–H groups in total. The van der Waals surface area contributed by atoms with Crippen molar-refractivity contribution in [1.29, 1.82) is 0 Å². The molecule has 6 heteroatoms. The Morgan fingerprint density at radius 2 is 1.88 bits per heavy atom. The van der Waals surface area contributed by atoms with Gasteiger partial charge in [-0.05, 0) is 46.0 Å². The van der Waals surface area contributed by atoms with Crippen molar-refractivity contribution in [3.05, 3.63) is 52.7 Å². The fourth-order valence-corrected chi connectivity index (χ4v) is 2.49.